The van der Waals surface area contributed by atoms with Gasteiger partial charge in [-0.1, -0.05) is 15.9 Å². The third kappa shape index (κ3) is 2.69. The Morgan fingerprint density at radius 3 is 2.89 bits per heavy atom. The quantitative estimate of drug-likeness (QED) is 0.926. The summed E-state index contributed by atoms with van der Waals surface area (Å²) >= 11 is 3.49. The molecule has 98 valence electrons. The first-order valence-corrected chi connectivity index (χ1v) is 6.87. The molecule has 0 saturated carbocycles. The van der Waals surface area contributed by atoms with Gasteiger partial charge in [-0.25, -0.2) is 0 Å². The van der Waals surface area contributed by atoms with Crippen molar-refractivity contribution in [3.8, 4) is 5.75 Å². The average Bonchev–Trinajstić information content (AvgIpc) is 2.73. The van der Waals surface area contributed by atoms with Gasteiger partial charge in [0.1, 0.15) is 5.75 Å². The van der Waals surface area contributed by atoms with Crippen LogP contribution in [0.4, 0.5) is 0 Å². The van der Waals surface area contributed by atoms with Crippen molar-refractivity contribution in [2.24, 2.45) is 5.41 Å². The molecule has 1 N–H and O–H groups in total. The summed E-state index contributed by atoms with van der Waals surface area (Å²) in [5.74, 6) is 0.203. The molecule has 0 unspecified atom stereocenters. The van der Waals surface area contributed by atoms with E-state index in [4.69, 9.17) is 9.84 Å². The number of hydrogen-bond donors (Lipinski definition) is 1. The molecule has 0 bridgehead atoms. The molecular weight excluding hydrogens is 296 g/mol. The number of fused-ring (bicyclic) bond motifs is 1. The fraction of sp³-hybridized carbons (Fsp3) is 0.500. The molecular formula is C14H17BrO3. The molecule has 4 heteroatoms. The zero-order valence-corrected chi connectivity index (χ0v) is 12.2. The first-order valence-electron chi connectivity index (χ1n) is 6.07. The highest BCUT2D eigenvalue weighted by molar-refractivity contribution is 9.10. The maximum Gasteiger partial charge on any atom is 0.309 e. The lowest BCUT2D eigenvalue weighted by molar-refractivity contribution is -0.147. The second-order valence-corrected chi connectivity index (χ2v) is 6.26. The minimum absolute atomic E-state index is 0.606. The number of carboxylic acid groups (broad SMARTS) is 1. The highest BCUT2D eigenvalue weighted by Crippen LogP contribution is 2.35. The number of carboxylic acids is 1. The van der Waals surface area contributed by atoms with Crippen LogP contribution in [0.25, 0.3) is 0 Å². The van der Waals surface area contributed by atoms with Crippen LogP contribution in [-0.4, -0.2) is 17.7 Å². The van der Waals surface area contributed by atoms with Crippen LogP contribution in [0.1, 0.15) is 31.4 Å². The number of halogens is 1. The molecule has 1 aliphatic rings. The fourth-order valence-electron chi connectivity index (χ4n) is 2.09. The van der Waals surface area contributed by atoms with Crippen LogP contribution in [-0.2, 0) is 17.6 Å². The topological polar surface area (TPSA) is 46.5 Å². The average molecular weight is 313 g/mol. The molecule has 0 amide bonds. The Bertz CT molecular complexity index is 480. The summed E-state index contributed by atoms with van der Waals surface area (Å²) < 4.78 is 6.68. The summed E-state index contributed by atoms with van der Waals surface area (Å²) in [5, 5.41) is 9.13. The van der Waals surface area contributed by atoms with Crippen molar-refractivity contribution < 1.29 is 14.6 Å². The predicted molar refractivity (Wildman–Crippen MR) is 73.1 cm³/mol. The van der Waals surface area contributed by atoms with E-state index in [1.165, 1.54) is 5.56 Å². The molecule has 0 aliphatic carbocycles. The zero-order valence-electron chi connectivity index (χ0n) is 10.6. The van der Waals surface area contributed by atoms with Gasteiger partial charge in [0, 0.05) is 10.9 Å². The Hall–Kier alpha value is -1.03. The molecule has 1 aliphatic heterocycles. The lowest BCUT2D eigenvalue weighted by Gasteiger charge is -2.19. The molecule has 0 saturated heterocycles. The number of carbonyl (C=O) groups is 1. The maximum atomic E-state index is 11.1. The molecule has 3 nitrogen and oxygen atoms in total. The number of rotatable bonds is 4. The highest BCUT2D eigenvalue weighted by atomic mass is 79.9. The van der Waals surface area contributed by atoms with Crippen molar-refractivity contribution in [2.45, 2.75) is 33.1 Å². The maximum absolute atomic E-state index is 11.1. The van der Waals surface area contributed by atoms with Gasteiger partial charge in [0.15, 0.2) is 0 Å². The van der Waals surface area contributed by atoms with Gasteiger partial charge >= 0.3 is 5.97 Å². The molecule has 0 spiro atoms. The Balaban J connectivity index is 2.18. The van der Waals surface area contributed by atoms with Crippen molar-refractivity contribution in [2.75, 3.05) is 6.61 Å². The summed E-state index contributed by atoms with van der Waals surface area (Å²) in [7, 11) is 0. The molecule has 0 fully saturated rings. The van der Waals surface area contributed by atoms with Gasteiger partial charge in [0.05, 0.1) is 12.0 Å². The summed E-state index contributed by atoms with van der Waals surface area (Å²) in [4.78, 5) is 11.1. The van der Waals surface area contributed by atoms with Crippen LogP contribution < -0.4 is 4.74 Å². The first-order chi connectivity index (χ1) is 8.40. The molecule has 18 heavy (non-hydrogen) atoms. The minimum atomic E-state index is -0.755. The van der Waals surface area contributed by atoms with Gasteiger partial charge in [-0.15, -0.1) is 0 Å². The van der Waals surface area contributed by atoms with E-state index in [-0.39, 0.29) is 0 Å². The Kier molecular flexibility index (Phi) is 3.66. The van der Waals surface area contributed by atoms with Crippen molar-refractivity contribution in [1.29, 1.82) is 0 Å². The minimum Gasteiger partial charge on any atom is -0.493 e. The van der Waals surface area contributed by atoms with Crippen LogP contribution >= 0.6 is 15.9 Å². The number of hydrogen-bond acceptors (Lipinski definition) is 2. The number of benzene rings is 1. The van der Waals surface area contributed by atoms with Crippen molar-refractivity contribution >= 4 is 21.9 Å². The summed E-state index contributed by atoms with van der Waals surface area (Å²) in [5.41, 5.74) is 1.62. The van der Waals surface area contributed by atoms with Crippen molar-refractivity contribution in [3.05, 3.63) is 27.7 Å². The van der Waals surface area contributed by atoms with E-state index in [9.17, 15) is 4.79 Å². The summed E-state index contributed by atoms with van der Waals surface area (Å²) in [6, 6.07) is 4.11. The first kappa shape index (κ1) is 13.4. The summed E-state index contributed by atoms with van der Waals surface area (Å²) in [6.07, 6.45) is 2.26. The molecule has 0 radical (unpaired) electrons. The molecule has 2 rings (SSSR count). The highest BCUT2D eigenvalue weighted by Gasteiger charge is 2.28. The van der Waals surface area contributed by atoms with E-state index < -0.39 is 11.4 Å². The van der Waals surface area contributed by atoms with E-state index in [0.717, 1.165) is 35.2 Å². The molecule has 1 heterocycles. The second-order valence-electron chi connectivity index (χ2n) is 5.34. The van der Waals surface area contributed by atoms with Crippen LogP contribution in [0.15, 0.2) is 16.6 Å². The van der Waals surface area contributed by atoms with E-state index in [1.807, 2.05) is 6.07 Å². The van der Waals surface area contributed by atoms with E-state index >= 15 is 0 Å². The Morgan fingerprint density at radius 1 is 1.50 bits per heavy atom. The van der Waals surface area contributed by atoms with Gasteiger partial charge < -0.3 is 9.84 Å². The van der Waals surface area contributed by atoms with Gasteiger partial charge in [0.2, 0.25) is 0 Å². The van der Waals surface area contributed by atoms with Crippen LogP contribution in [0, 0.1) is 5.41 Å². The number of ether oxygens (including phenoxy) is 1. The Labute approximate surface area is 115 Å². The van der Waals surface area contributed by atoms with Crippen molar-refractivity contribution in [3.63, 3.8) is 0 Å². The van der Waals surface area contributed by atoms with Crippen LogP contribution in [0.3, 0.4) is 0 Å². The third-order valence-electron chi connectivity index (χ3n) is 3.42. The van der Waals surface area contributed by atoms with E-state index in [2.05, 4.69) is 22.0 Å². The SMILES string of the molecule is CC(C)(CCc1cc(Br)cc2c1OCC2)C(=O)O. The normalized spacial score (nSPS) is 14.2. The van der Waals surface area contributed by atoms with Crippen LogP contribution in [0.2, 0.25) is 0 Å². The second kappa shape index (κ2) is 4.92. The predicted octanol–water partition coefficient (Wildman–Crippen LogP) is 3.43. The van der Waals surface area contributed by atoms with Gasteiger partial charge in [0.25, 0.3) is 0 Å². The van der Waals surface area contributed by atoms with Crippen molar-refractivity contribution in [1.82, 2.24) is 0 Å². The number of aryl methyl sites for hydroxylation is 1. The Morgan fingerprint density at radius 2 is 2.22 bits per heavy atom. The molecule has 0 atom stereocenters. The van der Waals surface area contributed by atoms with Gasteiger partial charge in [-0.2, -0.15) is 0 Å². The lowest BCUT2D eigenvalue weighted by atomic mass is 9.86. The summed E-state index contributed by atoms with van der Waals surface area (Å²) in [6.45, 7) is 4.24. The third-order valence-corrected chi connectivity index (χ3v) is 3.88. The molecule has 1 aromatic carbocycles. The fourth-order valence-corrected chi connectivity index (χ4v) is 2.64. The van der Waals surface area contributed by atoms with Gasteiger partial charge in [-0.05, 0) is 49.9 Å². The molecule has 0 aromatic heterocycles. The van der Waals surface area contributed by atoms with Gasteiger partial charge in [-0.3, -0.25) is 4.79 Å². The lowest BCUT2D eigenvalue weighted by Crippen LogP contribution is -2.24. The smallest absolute Gasteiger partial charge is 0.309 e. The van der Waals surface area contributed by atoms with E-state index in [1.54, 1.807) is 13.8 Å². The van der Waals surface area contributed by atoms with Crippen LogP contribution in [0.5, 0.6) is 5.75 Å². The monoisotopic (exact) mass is 312 g/mol. The molecule has 1 aromatic rings. The van der Waals surface area contributed by atoms with E-state index in [0.29, 0.717) is 6.42 Å². The largest absolute Gasteiger partial charge is 0.493 e. The standard InChI is InChI=1S/C14H17BrO3/c1-14(2,13(16)17)5-3-9-7-11(15)8-10-4-6-18-12(9)10/h7-8H,3-6H2,1-2H3,(H,16,17). The zero-order chi connectivity index (χ0) is 13.3. The number of aliphatic carboxylic acids is 1.